The molecular weight excluding hydrogens is 306 g/mol. The molecule has 3 aromatic heterocycles. The molecule has 0 aliphatic carbocycles. The van der Waals surface area contributed by atoms with Gasteiger partial charge in [0.05, 0.1) is 22.5 Å². The van der Waals surface area contributed by atoms with E-state index < -0.39 is 0 Å². The molecule has 0 unspecified atom stereocenters. The first-order valence-electron chi connectivity index (χ1n) is 7.99. The van der Waals surface area contributed by atoms with E-state index in [1.807, 2.05) is 6.20 Å². The molecule has 1 fully saturated rings. The predicted octanol–water partition coefficient (Wildman–Crippen LogP) is 3.17. The zero-order valence-electron chi connectivity index (χ0n) is 13.5. The molecule has 4 rings (SSSR count). The Bertz CT molecular complexity index is 786. The number of nitrogens with one attached hydrogen (secondary N) is 1. The van der Waals surface area contributed by atoms with Crippen molar-refractivity contribution < 1.29 is 0 Å². The highest BCUT2D eigenvalue weighted by molar-refractivity contribution is 7.13. The fourth-order valence-corrected chi connectivity index (χ4v) is 4.26. The van der Waals surface area contributed by atoms with E-state index in [0.29, 0.717) is 5.92 Å². The molecule has 1 N–H and O–H groups in total. The van der Waals surface area contributed by atoms with Crippen molar-refractivity contribution in [3.05, 3.63) is 47.0 Å². The maximum atomic E-state index is 4.70. The molecule has 0 aromatic carbocycles. The monoisotopic (exact) mass is 327 g/mol. The van der Waals surface area contributed by atoms with Crippen LogP contribution in [-0.4, -0.2) is 37.7 Å². The molecule has 0 saturated carbocycles. The van der Waals surface area contributed by atoms with Gasteiger partial charge >= 0.3 is 0 Å². The Labute approximate surface area is 140 Å². The Morgan fingerprint density at radius 2 is 2.35 bits per heavy atom. The number of aromatic nitrogens is 4. The van der Waals surface area contributed by atoms with Gasteiger partial charge in [-0.1, -0.05) is 6.07 Å². The van der Waals surface area contributed by atoms with Gasteiger partial charge in [0.25, 0.3) is 0 Å². The molecule has 6 heteroatoms. The Morgan fingerprint density at radius 1 is 1.43 bits per heavy atom. The van der Waals surface area contributed by atoms with E-state index in [1.165, 1.54) is 22.7 Å². The Morgan fingerprint density at radius 3 is 3.09 bits per heavy atom. The molecular formula is C17H21N5S. The summed E-state index contributed by atoms with van der Waals surface area (Å²) in [5.41, 5.74) is 3.55. The van der Waals surface area contributed by atoms with Crippen LogP contribution in [0, 0.1) is 6.92 Å². The normalized spacial score (nSPS) is 18.8. The third kappa shape index (κ3) is 2.84. The zero-order chi connectivity index (χ0) is 15.8. The minimum atomic E-state index is 0.533. The highest BCUT2D eigenvalue weighted by atomic mass is 32.1. The average molecular weight is 327 g/mol. The molecule has 0 amide bonds. The second kappa shape index (κ2) is 5.94. The van der Waals surface area contributed by atoms with Crippen molar-refractivity contribution in [1.29, 1.82) is 0 Å². The van der Waals surface area contributed by atoms with Gasteiger partial charge in [0.1, 0.15) is 5.82 Å². The van der Waals surface area contributed by atoms with E-state index in [2.05, 4.69) is 57.3 Å². The first-order chi connectivity index (χ1) is 11.2. The lowest BCUT2D eigenvalue weighted by Crippen LogP contribution is -2.20. The van der Waals surface area contributed by atoms with Crippen LogP contribution >= 0.6 is 11.3 Å². The topological polar surface area (TPSA) is 49.7 Å². The molecule has 4 heterocycles. The van der Waals surface area contributed by atoms with Crippen LogP contribution in [0.5, 0.6) is 0 Å². The van der Waals surface area contributed by atoms with Gasteiger partial charge in [-0.2, -0.15) is 5.10 Å². The van der Waals surface area contributed by atoms with Crippen molar-refractivity contribution in [3.8, 4) is 10.6 Å². The summed E-state index contributed by atoms with van der Waals surface area (Å²) < 4.78 is 2.18. The van der Waals surface area contributed by atoms with Gasteiger partial charge in [0.15, 0.2) is 0 Å². The minimum Gasteiger partial charge on any atom is -0.337 e. The highest BCUT2D eigenvalue weighted by Gasteiger charge is 2.27. The van der Waals surface area contributed by atoms with E-state index in [9.17, 15) is 0 Å². The van der Waals surface area contributed by atoms with E-state index in [0.717, 1.165) is 31.0 Å². The van der Waals surface area contributed by atoms with Crippen molar-refractivity contribution in [2.24, 2.45) is 7.05 Å². The molecule has 23 heavy (non-hydrogen) atoms. The number of aromatic amines is 1. The summed E-state index contributed by atoms with van der Waals surface area (Å²) in [5.74, 6) is 1.75. The van der Waals surface area contributed by atoms with Gasteiger partial charge in [0, 0.05) is 37.8 Å². The van der Waals surface area contributed by atoms with E-state index in [-0.39, 0.29) is 0 Å². The first-order valence-corrected chi connectivity index (χ1v) is 8.87. The molecule has 1 atom stereocenters. The lowest BCUT2D eigenvalue weighted by Gasteiger charge is -2.15. The SMILES string of the molecule is Cc1cn(C)c([C@@H]2CCN(Cc3cn[nH]c3-c3cccs3)C2)n1. The summed E-state index contributed by atoms with van der Waals surface area (Å²) in [5, 5.41) is 9.51. The number of H-pyrrole nitrogens is 1. The summed E-state index contributed by atoms with van der Waals surface area (Å²) in [7, 11) is 2.10. The van der Waals surface area contributed by atoms with Crippen LogP contribution in [0.2, 0.25) is 0 Å². The number of rotatable bonds is 4. The van der Waals surface area contributed by atoms with Crippen LogP contribution in [0.1, 0.15) is 29.4 Å². The van der Waals surface area contributed by atoms with Crippen LogP contribution in [-0.2, 0) is 13.6 Å². The van der Waals surface area contributed by atoms with Crippen molar-refractivity contribution in [1.82, 2.24) is 24.6 Å². The van der Waals surface area contributed by atoms with Crippen LogP contribution < -0.4 is 0 Å². The van der Waals surface area contributed by atoms with Crippen LogP contribution in [0.3, 0.4) is 0 Å². The highest BCUT2D eigenvalue weighted by Crippen LogP contribution is 2.30. The van der Waals surface area contributed by atoms with Crippen molar-refractivity contribution in [2.45, 2.75) is 25.8 Å². The summed E-state index contributed by atoms with van der Waals surface area (Å²) in [6.45, 7) is 5.20. The Kier molecular flexibility index (Phi) is 3.79. The fourth-order valence-electron chi connectivity index (χ4n) is 3.51. The van der Waals surface area contributed by atoms with Crippen molar-refractivity contribution in [2.75, 3.05) is 13.1 Å². The van der Waals surface area contributed by atoms with Gasteiger partial charge in [0.2, 0.25) is 0 Å². The molecule has 120 valence electrons. The van der Waals surface area contributed by atoms with E-state index >= 15 is 0 Å². The maximum Gasteiger partial charge on any atom is 0.113 e. The molecule has 1 saturated heterocycles. The predicted molar refractivity (Wildman–Crippen MR) is 92.5 cm³/mol. The van der Waals surface area contributed by atoms with Crippen LogP contribution in [0.15, 0.2) is 29.9 Å². The average Bonchev–Trinajstić information content (AvgIpc) is 3.27. The number of imidazole rings is 1. The summed E-state index contributed by atoms with van der Waals surface area (Å²) >= 11 is 1.75. The number of hydrogen-bond acceptors (Lipinski definition) is 4. The molecule has 0 spiro atoms. The van der Waals surface area contributed by atoms with Gasteiger partial charge in [-0.05, 0) is 31.3 Å². The van der Waals surface area contributed by atoms with Crippen molar-refractivity contribution >= 4 is 11.3 Å². The summed E-state index contributed by atoms with van der Waals surface area (Å²) in [4.78, 5) is 8.47. The lowest BCUT2D eigenvalue weighted by molar-refractivity contribution is 0.325. The second-order valence-corrected chi connectivity index (χ2v) is 7.27. The fraction of sp³-hybridized carbons (Fsp3) is 0.412. The zero-order valence-corrected chi connectivity index (χ0v) is 14.3. The maximum absolute atomic E-state index is 4.70. The number of hydrogen-bond donors (Lipinski definition) is 1. The minimum absolute atomic E-state index is 0.533. The molecule has 0 bridgehead atoms. The number of nitrogens with zero attached hydrogens (tertiary/aromatic N) is 4. The van der Waals surface area contributed by atoms with E-state index in [1.54, 1.807) is 11.3 Å². The smallest absolute Gasteiger partial charge is 0.113 e. The number of aryl methyl sites for hydroxylation is 2. The Balaban J connectivity index is 1.47. The van der Waals surface area contributed by atoms with Gasteiger partial charge < -0.3 is 4.57 Å². The van der Waals surface area contributed by atoms with Gasteiger partial charge in [-0.3, -0.25) is 10.00 Å². The largest absolute Gasteiger partial charge is 0.337 e. The standard InChI is InChI=1S/C17H21N5S/c1-12-9-21(2)17(19-12)13-5-6-22(10-13)11-14-8-18-20-16(14)15-4-3-7-23-15/h3-4,7-9,13H,5-6,10-11H2,1-2H3,(H,18,20)/t13-/m1/s1. The molecule has 5 nitrogen and oxygen atoms in total. The summed E-state index contributed by atoms with van der Waals surface area (Å²) in [6.07, 6.45) is 5.26. The molecule has 1 aliphatic heterocycles. The quantitative estimate of drug-likeness (QED) is 0.801. The van der Waals surface area contributed by atoms with Crippen LogP contribution in [0.25, 0.3) is 10.6 Å². The summed E-state index contributed by atoms with van der Waals surface area (Å²) in [6, 6.07) is 4.23. The number of thiophene rings is 1. The Hall–Kier alpha value is -1.92. The molecule has 0 radical (unpaired) electrons. The third-order valence-corrected chi connectivity index (χ3v) is 5.44. The second-order valence-electron chi connectivity index (χ2n) is 6.32. The molecule has 3 aromatic rings. The van der Waals surface area contributed by atoms with Crippen molar-refractivity contribution in [3.63, 3.8) is 0 Å². The van der Waals surface area contributed by atoms with Gasteiger partial charge in [-0.25, -0.2) is 4.98 Å². The molecule has 1 aliphatic rings. The first kappa shape index (κ1) is 14.7. The van der Waals surface area contributed by atoms with Gasteiger partial charge in [-0.15, -0.1) is 11.3 Å². The lowest BCUT2D eigenvalue weighted by atomic mass is 10.1. The van der Waals surface area contributed by atoms with Crippen LogP contribution in [0.4, 0.5) is 0 Å². The van der Waals surface area contributed by atoms with E-state index in [4.69, 9.17) is 4.98 Å². The third-order valence-electron chi connectivity index (χ3n) is 4.55. The number of likely N-dealkylation sites (tertiary alicyclic amines) is 1.